The van der Waals surface area contributed by atoms with Gasteiger partial charge in [-0.25, -0.2) is 18.9 Å². The molecule has 0 aliphatic carbocycles. The van der Waals surface area contributed by atoms with Crippen molar-refractivity contribution < 1.29 is 18.7 Å². The van der Waals surface area contributed by atoms with Crippen molar-refractivity contribution in [3.05, 3.63) is 83.4 Å². The first-order chi connectivity index (χ1) is 19.6. The number of halogens is 1. The van der Waals surface area contributed by atoms with E-state index < -0.39 is 11.8 Å². The van der Waals surface area contributed by atoms with Gasteiger partial charge in [0.25, 0.3) is 0 Å². The summed E-state index contributed by atoms with van der Waals surface area (Å²) in [5, 5.41) is 12.7. The lowest BCUT2D eigenvalue weighted by atomic mass is 9.99. The predicted octanol–water partition coefficient (Wildman–Crippen LogP) is 5.91. The number of nitrogens with zero attached hydrogens (tertiary/aromatic N) is 4. The van der Waals surface area contributed by atoms with Gasteiger partial charge in [0, 0.05) is 44.4 Å². The summed E-state index contributed by atoms with van der Waals surface area (Å²) in [5.74, 6) is 0.563. The van der Waals surface area contributed by atoms with Crippen LogP contribution in [0.4, 0.5) is 26.5 Å². The molecule has 0 saturated heterocycles. The Morgan fingerprint density at radius 3 is 2.54 bits per heavy atom. The van der Waals surface area contributed by atoms with E-state index in [9.17, 15) is 14.0 Å². The summed E-state index contributed by atoms with van der Waals surface area (Å²) in [6, 6.07) is 14.7. The van der Waals surface area contributed by atoms with Crippen LogP contribution in [-0.2, 0) is 17.8 Å². The average Bonchev–Trinajstić information content (AvgIpc) is 3.33. The van der Waals surface area contributed by atoms with Crippen molar-refractivity contribution in [3.8, 4) is 17.2 Å². The zero-order valence-corrected chi connectivity index (χ0v) is 23.4. The quantitative estimate of drug-likeness (QED) is 0.260. The maximum atomic E-state index is 14.9. The van der Waals surface area contributed by atoms with Crippen molar-refractivity contribution in [2.24, 2.45) is 0 Å². The Morgan fingerprint density at radius 2 is 1.78 bits per heavy atom. The van der Waals surface area contributed by atoms with Crippen LogP contribution in [0.5, 0.6) is 11.5 Å². The standard InChI is InChI=1S/C30H32FN7O3/c1-18(2)27-16-29(38(36-27)22-6-5-20-10-12-37(4)17-21(20)13-22)35-30(40)34-26-8-7-23(14-25(26)31)41-24-9-11-32-28(15-24)33-19(3)39/h5-9,11,13-16,18H,10,12,17H2,1-4H3,(H,32,33,39)(H2,34,35,40). The zero-order valence-electron chi connectivity index (χ0n) is 23.4. The Labute approximate surface area is 237 Å². The Bertz CT molecular complexity index is 1600. The van der Waals surface area contributed by atoms with Gasteiger partial charge in [0.15, 0.2) is 0 Å². The number of aromatic nitrogens is 3. The maximum Gasteiger partial charge on any atom is 0.324 e. The monoisotopic (exact) mass is 557 g/mol. The number of likely N-dealkylation sites (N-methyl/N-ethyl adjacent to an activating group) is 1. The van der Waals surface area contributed by atoms with Gasteiger partial charge in [-0.15, -0.1) is 0 Å². The molecule has 1 aliphatic rings. The van der Waals surface area contributed by atoms with E-state index in [2.05, 4.69) is 45.0 Å². The lowest BCUT2D eigenvalue weighted by Crippen LogP contribution is -2.26. The van der Waals surface area contributed by atoms with Gasteiger partial charge < -0.3 is 20.3 Å². The van der Waals surface area contributed by atoms with Gasteiger partial charge in [-0.05, 0) is 60.8 Å². The number of urea groups is 1. The molecule has 0 bridgehead atoms. The molecule has 2 aromatic carbocycles. The Hall–Kier alpha value is -4.77. The first kappa shape index (κ1) is 27.8. The summed E-state index contributed by atoms with van der Waals surface area (Å²) in [6.45, 7) is 7.30. The van der Waals surface area contributed by atoms with Gasteiger partial charge in [0.2, 0.25) is 5.91 Å². The minimum atomic E-state index is -0.677. The number of carbonyl (C=O) groups is 2. The molecule has 0 spiro atoms. The second-order valence-corrected chi connectivity index (χ2v) is 10.3. The van der Waals surface area contributed by atoms with E-state index in [-0.39, 0.29) is 23.3 Å². The molecule has 0 radical (unpaired) electrons. The van der Waals surface area contributed by atoms with Gasteiger partial charge in [-0.3, -0.25) is 10.1 Å². The molecule has 212 valence electrons. The maximum absolute atomic E-state index is 14.9. The summed E-state index contributed by atoms with van der Waals surface area (Å²) in [7, 11) is 2.10. The van der Waals surface area contributed by atoms with Crippen LogP contribution in [-0.4, -0.2) is 45.2 Å². The number of pyridine rings is 1. The molecule has 0 atom stereocenters. The fourth-order valence-electron chi connectivity index (χ4n) is 4.57. The number of hydrogen-bond acceptors (Lipinski definition) is 6. The SMILES string of the molecule is CC(=O)Nc1cc(Oc2ccc(NC(=O)Nc3cc(C(C)C)nn3-c3ccc4c(c3)CN(C)CC4)c(F)c2)ccn1. The van der Waals surface area contributed by atoms with Crippen LogP contribution in [0.1, 0.15) is 43.5 Å². The summed E-state index contributed by atoms with van der Waals surface area (Å²) in [6.07, 6.45) is 2.46. The third-order valence-corrected chi connectivity index (χ3v) is 6.66. The number of carbonyl (C=O) groups excluding carboxylic acids is 2. The van der Waals surface area contributed by atoms with Crippen LogP contribution in [0, 0.1) is 5.82 Å². The molecule has 1 aliphatic heterocycles. The van der Waals surface area contributed by atoms with Crippen LogP contribution in [0.3, 0.4) is 0 Å². The molecule has 0 unspecified atom stereocenters. The highest BCUT2D eigenvalue weighted by Crippen LogP contribution is 2.28. The Morgan fingerprint density at radius 1 is 0.976 bits per heavy atom. The van der Waals surface area contributed by atoms with E-state index in [1.807, 2.05) is 26.0 Å². The number of hydrogen-bond donors (Lipinski definition) is 3. The van der Waals surface area contributed by atoms with Gasteiger partial charge in [-0.1, -0.05) is 19.9 Å². The first-order valence-electron chi connectivity index (χ1n) is 13.3. The number of rotatable bonds is 7. The van der Waals surface area contributed by atoms with Crippen LogP contribution in [0.15, 0.2) is 60.8 Å². The molecule has 10 nitrogen and oxygen atoms in total. The van der Waals surface area contributed by atoms with Crippen LogP contribution in [0.25, 0.3) is 5.69 Å². The first-order valence-corrected chi connectivity index (χ1v) is 13.3. The molecule has 3 N–H and O–H groups in total. The number of amides is 3. The fourth-order valence-corrected chi connectivity index (χ4v) is 4.57. The Balaban J connectivity index is 1.31. The average molecular weight is 558 g/mol. The highest BCUT2D eigenvalue weighted by Gasteiger charge is 2.19. The second kappa shape index (κ2) is 11.8. The smallest absolute Gasteiger partial charge is 0.324 e. The van der Waals surface area contributed by atoms with E-state index in [1.165, 1.54) is 48.5 Å². The van der Waals surface area contributed by atoms with Crippen molar-refractivity contribution in [1.82, 2.24) is 19.7 Å². The van der Waals surface area contributed by atoms with Crippen molar-refractivity contribution in [2.45, 2.75) is 39.7 Å². The third-order valence-electron chi connectivity index (χ3n) is 6.66. The number of fused-ring (bicyclic) bond motifs is 1. The third kappa shape index (κ3) is 6.69. The molecular formula is C30H32FN7O3. The van der Waals surface area contributed by atoms with Gasteiger partial charge in [0.1, 0.15) is 29.0 Å². The van der Waals surface area contributed by atoms with E-state index in [4.69, 9.17) is 9.84 Å². The van der Waals surface area contributed by atoms with Crippen molar-refractivity contribution in [1.29, 1.82) is 0 Å². The molecule has 0 fully saturated rings. The minimum Gasteiger partial charge on any atom is -0.457 e. The zero-order chi connectivity index (χ0) is 29.1. The van der Waals surface area contributed by atoms with Crippen LogP contribution in [0.2, 0.25) is 0 Å². The summed E-state index contributed by atoms with van der Waals surface area (Å²) >= 11 is 0. The van der Waals surface area contributed by atoms with Gasteiger partial charge in [-0.2, -0.15) is 5.10 Å². The van der Waals surface area contributed by atoms with Crippen LogP contribution >= 0.6 is 0 Å². The topological polar surface area (TPSA) is 113 Å². The molecule has 41 heavy (non-hydrogen) atoms. The number of nitrogens with one attached hydrogen (secondary N) is 3. The number of ether oxygens (including phenoxy) is 1. The van der Waals surface area contributed by atoms with Crippen LogP contribution < -0.4 is 20.7 Å². The molecule has 3 heterocycles. The highest BCUT2D eigenvalue weighted by molar-refractivity contribution is 5.99. The summed E-state index contributed by atoms with van der Waals surface area (Å²) in [5.41, 5.74) is 4.19. The predicted molar refractivity (Wildman–Crippen MR) is 155 cm³/mol. The fraction of sp³-hybridized carbons (Fsp3) is 0.267. The minimum absolute atomic E-state index is 0.0181. The van der Waals surface area contributed by atoms with E-state index >= 15 is 0 Å². The second-order valence-electron chi connectivity index (χ2n) is 10.3. The van der Waals surface area contributed by atoms with E-state index in [1.54, 1.807) is 10.7 Å². The number of benzene rings is 2. The molecule has 11 heteroatoms. The van der Waals surface area contributed by atoms with Crippen molar-refractivity contribution in [3.63, 3.8) is 0 Å². The van der Waals surface area contributed by atoms with E-state index in [0.29, 0.717) is 17.4 Å². The normalized spacial score (nSPS) is 13.0. The molecule has 0 saturated carbocycles. The lowest BCUT2D eigenvalue weighted by molar-refractivity contribution is -0.114. The van der Waals surface area contributed by atoms with Crippen molar-refractivity contribution >= 4 is 29.3 Å². The summed E-state index contributed by atoms with van der Waals surface area (Å²) in [4.78, 5) is 30.5. The van der Waals surface area contributed by atoms with Gasteiger partial charge in [0.05, 0.1) is 17.1 Å². The molecule has 4 aromatic rings. The molecule has 2 aromatic heterocycles. The van der Waals surface area contributed by atoms with E-state index in [0.717, 1.165) is 30.9 Å². The highest BCUT2D eigenvalue weighted by atomic mass is 19.1. The largest absolute Gasteiger partial charge is 0.457 e. The number of anilines is 3. The summed E-state index contributed by atoms with van der Waals surface area (Å²) < 4.78 is 22.3. The molecule has 5 rings (SSSR count). The Kier molecular flexibility index (Phi) is 7.97. The van der Waals surface area contributed by atoms with Crippen molar-refractivity contribution in [2.75, 3.05) is 29.5 Å². The lowest BCUT2D eigenvalue weighted by Gasteiger charge is -2.25. The molecule has 3 amide bonds. The van der Waals surface area contributed by atoms with Gasteiger partial charge >= 0.3 is 6.03 Å². The molecular weight excluding hydrogens is 525 g/mol.